The Hall–Kier alpha value is -1.06. The summed E-state index contributed by atoms with van der Waals surface area (Å²) in [4.78, 5) is 14.5. The van der Waals surface area contributed by atoms with E-state index in [0.717, 1.165) is 13.0 Å². The van der Waals surface area contributed by atoms with E-state index in [4.69, 9.17) is 5.73 Å². The SMILES string of the molecule is Cc1ccccc1C1CC(C)N(C(=O)C(C)C(C)N)C1.Cl. The van der Waals surface area contributed by atoms with E-state index in [1.54, 1.807) is 0 Å². The van der Waals surface area contributed by atoms with Crippen LogP contribution in [0.1, 0.15) is 44.2 Å². The summed E-state index contributed by atoms with van der Waals surface area (Å²) in [5.74, 6) is 0.548. The average Bonchev–Trinajstić information content (AvgIpc) is 2.79. The van der Waals surface area contributed by atoms with E-state index in [2.05, 4.69) is 38.1 Å². The Kier molecular flexibility index (Phi) is 6.24. The number of benzene rings is 1. The van der Waals surface area contributed by atoms with Crippen LogP contribution in [-0.4, -0.2) is 29.4 Å². The number of hydrogen-bond donors (Lipinski definition) is 1. The lowest BCUT2D eigenvalue weighted by Gasteiger charge is -2.26. The van der Waals surface area contributed by atoms with Crippen LogP contribution in [0.15, 0.2) is 24.3 Å². The molecule has 1 aromatic rings. The van der Waals surface area contributed by atoms with Crippen molar-refractivity contribution in [3.8, 4) is 0 Å². The number of nitrogens with two attached hydrogens (primary N) is 1. The molecule has 0 bridgehead atoms. The minimum atomic E-state index is -0.104. The van der Waals surface area contributed by atoms with Crippen molar-refractivity contribution >= 4 is 18.3 Å². The van der Waals surface area contributed by atoms with Crippen LogP contribution in [0.4, 0.5) is 0 Å². The van der Waals surface area contributed by atoms with Crippen LogP contribution in [0.5, 0.6) is 0 Å². The maximum absolute atomic E-state index is 12.5. The third-order valence-electron chi connectivity index (χ3n) is 4.66. The topological polar surface area (TPSA) is 46.3 Å². The van der Waals surface area contributed by atoms with E-state index >= 15 is 0 Å². The number of nitrogens with zero attached hydrogens (tertiary/aromatic N) is 1. The van der Waals surface area contributed by atoms with Crippen molar-refractivity contribution in [1.82, 2.24) is 4.90 Å². The first-order chi connectivity index (χ1) is 9.41. The summed E-state index contributed by atoms with van der Waals surface area (Å²) in [5, 5.41) is 0. The van der Waals surface area contributed by atoms with Gasteiger partial charge in [-0.2, -0.15) is 0 Å². The number of aryl methyl sites for hydroxylation is 1. The molecule has 1 heterocycles. The Morgan fingerprint density at radius 3 is 2.52 bits per heavy atom. The van der Waals surface area contributed by atoms with Crippen molar-refractivity contribution in [2.45, 2.75) is 52.1 Å². The molecule has 2 N–H and O–H groups in total. The summed E-state index contributed by atoms with van der Waals surface area (Å²) in [6.45, 7) is 8.95. The van der Waals surface area contributed by atoms with Gasteiger partial charge in [-0.1, -0.05) is 31.2 Å². The van der Waals surface area contributed by atoms with Gasteiger partial charge >= 0.3 is 0 Å². The molecule has 0 saturated carbocycles. The summed E-state index contributed by atoms with van der Waals surface area (Å²) in [5.41, 5.74) is 8.57. The maximum atomic E-state index is 12.5. The number of likely N-dealkylation sites (tertiary alicyclic amines) is 1. The molecule has 0 radical (unpaired) electrons. The number of rotatable bonds is 3. The molecule has 4 atom stereocenters. The molecule has 4 heteroatoms. The summed E-state index contributed by atoms with van der Waals surface area (Å²) in [7, 11) is 0. The van der Waals surface area contributed by atoms with Gasteiger partial charge < -0.3 is 10.6 Å². The molecular weight excluding hydrogens is 284 g/mol. The average molecular weight is 311 g/mol. The Bertz CT molecular complexity index is 489. The minimum Gasteiger partial charge on any atom is -0.339 e. The van der Waals surface area contributed by atoms with E-state index in [9.17, 15) is 4.79 Å². The summed E-state index contributed by atoms with van der Waals surface area (Å²) in [6, 6.07) is 8.70. The van der Waals surface area contributed by atoms with Crippen molar-refractivity contribution in [1.29, 1.82) is 0 Å². The van der Waals surface area contributed by atoms with Gasteiger partial charge in [0.25, 0.3) is 0 Å². The Morgan fingerprint density at radius 1 is 1.33 bits per heavy atom. The van der Waals surface area contributed by atoms with Gasteiger partial charge in [-0.05, 0) is 38.3 Å². The largest absolute Gasteiger partial charge is 0.339 e. The van der Waals surface area contributed by atoms with E-state index in [1.165, 1.54) is 11.1 Å². The molecule has 4 unspecified atom stereocenters. The monoisotopic (exact) mass is 310 g/mol. The zero-order valence-corrected chi connectivity index (χ0v) is 14.2. The first-order valence-corrected chi connectivity index (χ1v) is 7.53. The predicted octanol–water partition coefficient (Wildman–Crippen LogP) is 3.10. The Balaban J connectivity index is 0.00000220. The molecule has 1 aromatic carbocycles. The third kappa shape index (κ3) is 3.78. The fourth-order valence-corrected chi connectivity index (χ4v) is 3.09. The fraction of sp³-hybridized carbons (Fsp3) is 0.588. The second-order valence-electron chi connectivity index (χ2n) is 6.28. The number of carbonyl (C=O) groups is 1. The van der Waals surface area contributed by atoms with Crippen LogP contribution in [0.2, 0.25) is 0 Å². The van der Waals surface area contributed by atoms with Gasteiger partial charge in [-0.25, -0.2) is 0 Å². The highest BCUT2D eigenvalue weighted by atomic mass is 35.5. The molecule has 1 saturated heterocycles. The second-order valence-corrected chi connectivity index (χ2v) is 6.28. The molecule has 0 spiro atoms. The van der Waals surface area contributed by atoms with E-state index in [1.807, 2.05) is 18.7 Å². The molecule has 21 heavy (non-hydrogen) atoms. The van der Waals surface area contributed by atoms with Crippen LogP contribution in [0.25, 0.3) is 0 Å². The molecule has 118 valence electrons. The quantitative estimate of drug-likeness (QED) is 0.932. The number of halogens is 1. The summed E-state index contributed by atoms with van der Waals surface area (Å²) >= 11 is 0. The molecule has 0 aliphatic carbocycles. The molecule has 1 aliphatic rings. The Morgan fingerprint density at radius 2 is 1.95 bits per heavy atom. The highest BCUT2D eigenvalue weighted by molar-refractivity contribution is 5.85. The standard InChI is InChI=1S/C17H26N2O.ClH/c1-11-7-5-6-8-16(11)15-9-12(2)19(10-15)17(20)13(3)14(4)18;/h5-8,12-15H,9-10,18H2,1-4H3;1H. The highest BCUT2D eigenvalue weighted by Crippen LogP contribution is 2.34. The third-order valence-corrected chi connectivity index (χ3v) is 4.66. The predicted molar refractivity (Wildman–Crippen MR) is 89.8 cm³/mol. The number of carbonyl (C=O) groups excluding carboxylic acids is 1. The van der Waals surface area contributed by atoms with Crippen LogP contribution in [0, 0.1) is 12.8 Å². The molecule has 2 rings (SSSR count). The van der Waals surface area contributed by atoms with Crippen LogP contribution in [0.3, 0.4) is 0 Å². The van der Waals surface area contributed by atoms with Crippen molar-refractivity contribution in [2.75, 3.05) is 6.54 Å². The van der Waals surface area contributed by atoms with Crippen LogP contribution < -0.4 is 5.73 Å². The van der Waals surface area contributed by atoms with Gasteiger partial charge in [0.15, 0.2) is 0 Å². The van der Waals surface area contributed by atoms with E-state index < -0.39 is 0 Å². The molecule has 1 fully saturated rings. The van der Waals surface area contributed by atoms with Crippen molar-refractivity contribution in [3.05, 3.63) is 35.4 Å². The first kappa shape index (κ1) is 18.0. The lowest BCUT2D eigenvalue weighted by molar-refractivity contribution is -0.136. The summed E-state index contributed by atoms with van der Waals surface area (Å²) in [6.07, 6.45) is 1.04. The molecule has 0 aromatic heterocycles. The van der Waals surface area contributed by atoms with Gasteiger partial charge in [0.2, 0.25) is 5.91 Å². The van der Waals surface area contributed by atoms with Crippen molar-refractivity contribution < 1.29 is 4.79 Å². The van der Waals surface area contributed by atoms with Gasteiger partial charge in [-0.3, -0.25) is 4.79 Å². The smallest absolute Gasteiger partial charge is 0.227 e. The normalized spacial score (nSPS) is 24.3. The van der Waals surface area contributed by atoms with Crippen LogP contribution >= 0.6 is 12.4 Å². The first-order valence-electron chi connectivity index (χ1n) is 7.53. The highest BCUT2D eigenvalue weighted by Gasteiger charge is 2.36. The minimum absolute atomic E-state index is 0. The molecule has 3 nitrogen and oxygen atoms in total. The molecule has 1 aliphatic heterocycles. The maximum Gasteiger partial charge on any atom is 0.227 e. The zero-order valence-electron chi connectivity index (χ0n) is 13.4. The molecular formula is C17H27ClN2O. The Labute approximate surface area is 134 Å². The van der Waals surface area contributed by atoms with Crippen LogP contribution in [-0.2, 0) is 4.79 Å². The van der Waals surface area contributed by atoms with Gasteiger partial charge in [0.1, 0.15) is 0 Å². The zero-order chi connectivity index (χ0) is 14.9. The van der Waals surface area contributed by atoms with E-state index in [-0.39, 0.29) is 30.3 Å². The van der Waals surface area contributed by atoms with E-state index in [0.29, 0.717) is 12.0 Å². The number of hydrogen-bond acceptors (Lipinski definition) is 2. The lowest BCUT2D eigenvalue weighted by atomic mass is 9.93. The second kappa shape index (κ2) is 7.28. The fourth-order valence-electron chi connectivity index (χ4n) is 3.09. The van der Waals surface area contributed by atoms with Gasteiger partial charge in [0.05, 0.1) is 5.92 Å². The van der Waals surface area contributed by atoms with Gasteiger partial charge in [-0.15, -0.1) is 12.4 Å². The van der Waals surface area contributed by atoms with Crippen molar-refractivity contribution in [3.63, 3.8) is 0 Å². The van der Waals surface area contributed by atoms with Crippen molar-refractivity contribution in [2.24, 2.45) is 11.7 Å². The lowest BCUT2D eigenvalue weighted by Crippen LogP contribution is -2.43. The molecule has 1 amide bonds. The number of amides is 1. The van der Waals surface area contributed by atoms with Gasteiger partial charge in [0, 0.05) is 24.5 Å². The summed E-state index contributed by atoms with van der Waals surface area (Å²) < 4.78 is 0.